The summed E-state index contributed by atoms with van der Waals surface area (Å²) in [6.45, 7) is 1.99. The third kappa shape index (κ3) is 2.13. The van der Waals surface area contributed by atoms with Crippen LogP contribution in [0.25, 0.3) is 0 Å². The zero-order chi connectivity index (χ0) is 12.5. The maximum absolute atomic E-state index is 12.3. The van der Waals surface area contributed by atoms with E-state index in [1.807, 2.05) is 4.90 Å². The minimum atomic E-state index is -0.244. The van der Waals surface area contributed by atoms with E-state index in [2.05, 4.69) is 15.3 Å². The van der Waals surface area contributed by atoms with Crippen molar-refractivity contribution in [3.8, 4) is 0 Å². The van der Waals surface area contributed by atoms with Crippen LogP contribution in [-0.2, 0) is 17.8 Å². The Kier molecular flexibility index (Phi) is 3.05. The summed E-state index contributed by atoms with van der Waals surface area (Å²) < 4.78 is 0. The van der Waals surface area contributed by atoms with E-state index in [9.17, 15) is 9.90 Å². The molecule has 6 nitrogen and oxygen atoms in total. The lowest BCUT2D eigenvalue weighted by Gasteiger charge is -2.33. The van der Waals surface area contributed by atoms with Crippen molar-refractivity contribution in [1.29, 1.82) is 0 Å². The molecule has 1 aromatic heterocycles. The number of imidazole rings is 1. The maximum atomic E-state index is 12.3. The molecule has 0 bridgehead atoms. The van der Waals surface area contributed by atoms with Crippen LogP contribution in [0.1, 0.15) is 24.2 Å². The van der Waals surface area contributed by atoms with Crippen molar-refractivity contribution in [2.24, 2.45) is 0 Å². The topological polar surface area (TPSA) is 81.2 Å². The van der Waals surface area contributed by atoms with Gasteiger partial charge in [-0.2, -0.15) is 0 Å². The van der Waals surface area contributed by atoms with Gasteiger partial charge in [0.15, 0.2) is 0 Å². The number of fused-ring (bicyclic) bond motifs is 1. The number of aromatic amines is 1. The molecule has 1 amide bonds. The number of nitrogens with zero attached hydrogens (tertiary/aromatic N) is 2. The highest BCUT2D eigenvalue weighted by molar-refractivity contribution is 5.82. The summed E-state index contributed by atoms with van der Waals surface area (Å²) in [5, 5.41) is 12.7. The van der Waals surface area contributed by atoms with Crippen LogP contribution in [0.5, 0.6) is 0 Å². The Hall–Kier alpha value is -1.40. The molecule has 0 saturated carbocycles. The number of piperidine rings is 1. The molecule has 1 unspecified atom stereocenters. The van der Waals surface area contributed by atoms with Gasteiger partial charge in [-0.15, -0.1) is 0 Å². The number of aliphatic hydroxyl groups is 1. The molecule has 2 aliphatic rings. The van der Waals surface area contributed by atoms with Crippen LogP contribution in [0.2, 0.25) is 0 Å². The standard InChI is InChI=1S/C12H18N4O2/c17-8-1-3-16(4-2-8)12(18)10-5-9-11(6-13-10)15-7-14-9/h7-8,10,13,17H,1-6H2,(H,14,15). The fourth-order valence-electron chi connectivity index (χ4n) is 2.65. The zero-order valence-electron chi connectivity index (χ0n) is 10.2. The van der Waals surface area contributed by atoms with Gasteiger partial charge < -0.3 is 15.0 Å². The minimum Gasteiger partial charge on any atom is -0.393 e. The highest BCUT2D eigenvalue weighted by atomic mass is 16.3. The van der Waals surface area contributed by atoms with Gasteiger partial charge in [0.1, 0.15) is 0 Å². The summed E-state index contributed by atoms with van der Waals surface area (Å²) in [6, 6.07) is -0.170. The zero-order valence-corrected chi connectivity index (χ0v) is 10.2. The lowest BCUT2D eigenvalue weighted by Crippen LogP contribution is -2.52. The van der Waals surface area contributed by atoms with Crippen LogP contribution in [0, 0.1) is 0 Å². The summed E-state index contributed by atoms with van der Waals surface area (Å²) in [4.78, 5) is 21.5. The number of hydrogen-bond acceptors (Lipinski definition) is 4. The van der Waals surface area contributed by atoms with Crippen LogP contribution in [0.4, 0.5) is 0 Å². The quantitative estimate of drug-likeness (QED) is 0.622. The van der Waals surface area contributed by atoms with E-state index in [0.29, 0.717) is 38.9 Å². The second kappa shape index (κ2) is 4.70. The van der Waals surface area contributed by atoms with Gasteiger partial charge >= 0.3 is 0 Å². The molecule has 3 N–H and O–H groups in total. The summed E-state index contributed by atoms with van der Waals surface area (Å²) in [5.41, 5.74) is 2.07. The monoisotopic (exact) mass is 250 g/mol. The van der Waals surface area contributed by atoms with Crippen molar-refractivity contribution in [2.45, 2.75) is 38.0 Å². The van der Waals surface area contributed by atoms with E-state index in [4.69, 9.17) is 0 Å². The largest absolute Gasteiger partial charge is 0.393 e. The maximum Gasteiger partial charge on any atom is 0.240 e. The van der Waals surface area contributed by atoms with E-state index < -0.39 is 0 Å². The number of likely N-dealkylation sites (tertiary alicyclic amines) is 1. The molecule has 0 aliphatic carbocycles. The average molecular weight is 250 g/mol. The second-order valence-corrected chi connectivity index (χ2v) is 5.02. The van der Waals surface area contributed by atoms with Crippen LogP contribution in [0.15, 0.2) is 6.33 Å². The number of carbonyl (C=O) groups excluding carboxylic acids is 1. The second-order valence-electron chi connectivity index (χ2n) is 5.02. The van der Waals surface area contributed by atoms with Crippen molar-refractivity contribution in [2.75, 3.05) is 13.1 Å². The number of amides is 1. The van der Waals surface area contributed by atoms with E-state index in [-0.39, 0.29) is 18.1 Å². The summed E-state index contributed by atoms with van der Waals surface area (Å²) in [6.07, 6.45) is 3.46. The first-order valence-corrected chi connectivity index (χ1v) is 6.45. The smallest absolute Gasteiger partial charge is 0.240 e. The van der Waals surface area contributed by atoms with Crippen molar-refractivity contribution < 1.29 is 9.90 Å². The molecule has 1 aromatic rings. The molecule has 0 spiro atoms. The lowest BCUT2D eigenvalue weighted by molar-refractivity contribution is -0.135. The number of aliphatic hydroxyl groups excluding tert-OH is 1. The van der Waals surface area contributed by atoms with Gasteiger partial charge in [-0.3, -0.25) is 10.1 Å². The predicted octanol–water partition coefficient (Wildman–Crippen LogP) is -0.593. The highest BCUT2D eigenvalue weighted by Crippen LogP contribution is 2.16. The first kappa shape index (κ1) is 11.7. The average Bonchev–Trinajstić information content (AvgIpc) is 2.86. The van der Waals surface area contributed by atoms with Crippen molar-refractivity contribution in [1.82, 2.24) is 20.2 Å². The van der Waals surface area contributed by atoms with Gasteiger partial charge in [-0.25, -0.2) is 4.98 Å². The Morgan fingerprint density at radius 1 is 1.44 bits per heavy atom. The number of rotatable bonds is 1. The number of carbonyl (C=O) groups is 1. The minimum absolute atomic E-state index is 0.135. The Bertz CT molecular complexity index is 437. The summed E-state index contributed by atoms with van der Waals surface area (Å²) in [7, 11) is 0. The van der Waals surface area contributed by atoms with Gasteiger partial charge in [-0.1, -0.05) is 0 Å². The fourth-order valence-corrected chi connectivity index (χ4v) is 2.65. The van der Waals surface area contributed by atoms with Gasteiger partial charge in [0, 0.05) is 26.1 Å². The van der Waals surface area contributed by atoms with Crippen molar-refractivity contribution in [3.63, 3.8) is 0 Å². The molecule has 0 radical (unpaired) electrons. The molecule has 3 heterocycles. The molecule has 0 aromatic carbocycles. The molecular weight excluding hydrogens is 232 g/mol. The van der Waals surface area contributed by atoms with Gasteiger partial charge in [0.25, 0.3) is 0 Å². The Balaban J connectivity index is 1.64. The third-order valence-corrected chi connectivity index (χ3v) is 3.80. The molecule has 1 saturated heterocycles. The first-order chi connectivity index (χ1) is 8.74. The molecule has 98 valence electrons. The van der Waals surface area contributed by atoms with Gasteiger partial charge in [-0.05, 0) is 12.8 Å². The molecule has 3 rings (SSSR count). The van der Waals surface area contributed by atoms with E-state index in [1.54, 1.807) is 6.33 Å². The normalized spacial score (nSPS) is 24.9. The van der Waals surface area contributed by atoms with Crippen molar-refractivity contribution >= 4 is 5.91 Å². The number of hydrogen-bond donors (Lipinski definition) is 3. The Morgan fingerprint density at radius 3 is 3.00 bits per heavy atom. The Labute approximate surface area is 105 Å². The molecule has 6 heteroatoms. The number of aromatic nitrogens is 2. The predicted molar refractivity (Wildman–Crippen MR) is 64.7 cm³/mol. The van der Waals surface area contributed by atoms with E-state index in [1.165, 1.54) is 0 Å². The molecule has 1 atom stereocenters. The molecular formula is C12H18N4O2. The lowest BCUT2D eigenvalue weighted by atomic mass is 10.0. The highest BCUT2D eigenvalue weighted by Gasteiger charge is 2.30. The Morgan fingerprint density at radius 2 is 2.22 bits per heavy atom. The molecule has 1 fully saturated rings. The van der Waals surface area contributed by atoms with Crippen LogP contribution >= 0.6 is 0 Å². The van der Waals surface area contributed by atoms with E-state index >= 15 is 0 Å². The van der Waals surface area contributed by atoms with Crippen molar-refractivity contribution in [3.05, 3.63) is 17.7 Å². The van der Waals surface area contributed by atoms with Crippen LogP contribution in [0.3, 0.4) is 0 Å². The van der Waals surface area contributed by atoms with Gasteiger partial charge in [0.05, 0.1) is 29.9 Å². The van der Waals surface area contributed by atoms with E-state index in [0.717, 1.165) is 11.4 Å². The SMILES string of the molecule is O=C(C1Cc2nc[nH]c2CN1)N1CCC(O)CC1. The number of H-pyrrole nitrogens is 1. The number of nitrogens with one attached hydrogen (secondary N) is 2. The van der Waals surface area contributed by atoms with Crippen LogP contribution in [-0.4, -0.2) is 51.1 Å². The fraction of sp³-hybridized carbons (Fsp3) is 0.667. The van der Waals surface area contributed by atoms with Gasteiger partial charge in [0.2, 0.25) is 5.91 Å². The third-order valence-electron chi connectivity index (χ3n) is 3.80. The first-order valence-electron chi connectivity index (χ1n) is 6.45. The molecule has 2 aliphatic heterocycles. The summed E-state index contributed by atoms with van der Waals surface area (Å²) in [5.74, 6) is 0.135. The summed E-state index contributed by atoms with van der Waals surface area (Å²) >= 11 is 0. The molecule has 18 heavy (non-hydrogen) atoms. The van der Waals surface area contributed by atoms with Crippen LogP contribution < -0.4 is 5.32 Å².